The summed E-state index contributed by atoms with van der Waals surface area (Å²) in [4.78, 5) is 4.62. The van der Waals surface area contributed by atoms with E-state index in [0.717, 1.165) is 21.7 Å². The maximum atomic E-state index is 9.07. The number of aliphatic hydroxyl groups is 1. The fraction of sp³-hybridized carbons (Fsp3) is 0.438. The quantitative estimate of drug-likeness (QED) is 0.928. The molecular weight excluding hydrogens is 316 g/mol. The Morgan fingerprint density at radius 2 is 1.80 bits per heavy atom. The van der Waals surface area contributed by atoms with Crippen LogP contribution < -0.4 is 0 Å². The molecule has 0 bridgehead atoms. The van der Waals surface area contributed by atoms with Crippen LogP contribution in [0.15, 0.2) is 28.9 Å². The predicted molar refractivity (Wildman–Crippen MR) is 85.8 cm³/mol. The van der Waals surface area contributed by atoms with Crippen molar-refractivity contribution in [1.29, 1.82) is 0 Å². The molecule has 1 aromatic carbocycles. The van der Waals surface area contributed by atoms with E-state index in [9.17, 15) is 0 Å². The second-order valence-electron chi connectivity index (χ2n) is 6.03. The Hall–Kier alpha value is -1.13. The molecule has 0 amide bonds. The lowest BCUT2D eigenvalue weighted by Gasteiger charge is -2.18. The zero-order chi connectivity index (χ0) is 14.9. The summed E-state index contributed by atoms with van der Waals surface area (Å²) >= 11 is 3.58. The summed E-state index contributed by atoms with van der Waals surface area (Å²) in [6, 6.07) is 8.52. The average Bonchev–Trinajstić information content (AvgIpc) is 2.67. The number of rotatable bonds is 3. The van der Waals surface area contributed by atoms with Gasteiger partial charge < -0.3 is 9.67 Å². The maximum absolute atomic E-state index is 9.07. The Morgan fingerprint density at radius 3 is 2.30 bits per heavy atom. The van der Waals surface area contributed by atoms with Gasteiger partial charge in [-0.25, -0.2) is 4.98 Å². The number of aromatic nitrogens is 2. The van der Waals surface area contributed by atoms with Gasteiger partial charge in [-0.15, -0.1) is 0 Å². The first kappa shape index (κ1) is 15.3. The summed E-state index contributed by atoms with van der Waals surface area (Å²) < 4.78 is 2.92. The van der Waals surface area contributed by atoms with Gasteiger partial charge in [-0.2, -0.15) is 0 Å². The van der Waals surface area contributed by atoms with E-state index in [-0.39, 0.29) is 12.0 Å². The number of hydrogen-bond acceptors (Lipinski definition) is 2. The van der Waals surface area contributed by atoms with Crippen LogP contribution in [-0.4, -0.2) is 21.3 Å². The van der Waals surface area contributed by atoms with E-state index in [1.54, 1.807) is 0 Å². The third-order valence-electron chi connectivity index (χ3n) is 3.48. The number of benzene rings is 1. The molecule has 1 heterocycles. The topological polar surface area (TPSA) is 38.0 Å². The minimum atomic E-state index is 0.111. The molecule has 0 aliphatic heterocycles. The SMILES string of the molecule is Cn1c(CCO)nc(-c2ccc(C(C)(C)C)cc2)c1Br. The van der Waals surface area contributed by atoms with E-state index in [2.05, 4.69) is 66.0 Å². The lowest BCUT2D eigenvalue weighted by atomic mass is 9.86. The monoisotopic (exact) mass is 336 g/mol. The van der Waals surface area contributed by atoms with Crippen LogP contribution in [0, 0.1) is 0 Å². The van der Waals surface area contributed by atoms with E-state index in [1.807, 2.05) is 11.6 Å². The van der Waals surface area contributed by atoms with Gasteiger partial charge in [0.25, 0.3) is 0 Å². The van der Waals surface area contributed by atoms with Crippen LogP contribution in [-0.2, 0) is 18.9 Å². The Balaban J connectivity index is 2.39. The summed E-state index contributed by atoms with van der Waals surface area (Å²) in [7, 11) is 1.95. The maximum Gasteiger partial charge on any atom is 0.112 e. The zero-order valence-electron chi connectivity index (χ0n) is 12.4. The Bertz CT molecular complexity index is 594. The standard InChI is InChI=1S/C16H21BrN2O/c1-16(2,3)12-7-5-11(6-8-12)14-15(17)19(4)13(18-14)9-10-20/h5-8,20H,9-10H2,1-4H3. The highest BCUT2D eigenvalue weighted by molar-refractivity contribution is 9.10. The highest BCUT2D eigenvalue weighted by atomic mass is 79.9. The predicted octanol–water partition coefficient (Wildman–Crippen LogP) is 3.68. The minimum Gasteiger partial charge on any atom is -0.396 e. The Labute approximate surface area is 128 Å². The lowest BCUT2D eigenvalue weighted by Crippen LogP contribution is -2.10. The molecule has 1 aromatic heterocycles. The van der Waals surface area contributed by atoms with Crippen molar-refractivity contribution in [3.05, 3.63) is 40.3 Å². The van der Waals surface area contributed by atoms with Crippen LogP contribution in [0.5, 0.6) is 0 Å². The van der Waals surface area contributed by atoms with E-state index in [0.29, 0.717) is 6.42 Å². The summed E-state index contributed by atoms with van der Waals surface area (Å²) in [5.41, 5.74) is 3.48. The molecule has 0 saturated carbocycles. The molecule has 108 valence electrons. The molecule has 0 aliphatic carbocycles. The molecular formula is C16H21BrN2O. The van der Waals surface area contributed by atoms with Gasteiger partial charge in [0.2, 0.25) is 0 Å². The number of hydrogen-bond donors (Lipinski definition) is 1. The molecule has 0 radical (unpaired) electrons. The van der Waals surface area contributed by atoms with Crippen molar-refractivity contribution < 1.29 is 5.11 Å². The van der Waals surface area contributed by atoms with Crippen LogP contribution in [0.2, 0.25) is 0 Å². The van der Waals surface area contributed by atoms with Gasteiger partial charge in [-0.3, -0.25) is 0 Å². The fourth-order valence-electron chi connectivity index (χ4n) is 2.16. The van der Waals surface area contributed by atoms with Crippen LogP contribution >= 0.6 is 15.9 Å². The Kier molecular flexibility index (Phi) is 4.35. The normalized spacial score (nSPS) is 11.9. The van der Waals surface area contributed by atoms with Gasteiger partial charge in [0.1, 0.15) is 16.1 Å². The number of halogens is 1. The molecule has 0 saturated heterocycles. The average molecular weight is 337 g/mol. The first-order chi connectivity index (χ1) is 9.34. The highest BCUT2D eigenvalue weighted by Crippen LogP contribution is 2.30. The van der Waals surface area contributed by atoms with Crippen LogP contribution in [0.1, 0.15) is 32.2 Å². The first-order valence-corrected chi connectivity index (χ1v) is 7.56. The van der Waals surface area contributed by atoms with Crippen LogP contribution in [0.4, 0.5) is 0 Å². The van der Waals surface area contributed by atoms with Crippen molar-refractivity contribution in [2.45, 2.75) is 32.6 Å². The van der Waals surface area contributed by atoms with E-state index < -0.39 is 0 Å². The first-order valence-electron chi connectivity index (χ1n) is 6.77. The van der Waals surface area contributed by atoms with Gasteiger partial charge in [0.05, 0.1) is 6.61 Å². The summed E-state index contributed by atoms with van der Waals surface area (Å²) in [5.74, 6) is 0.884. The molecule has 1 N–H and O–H groups in total. The third-order valence-corrected chi connectivity index (χ3v) is 4.39. The lowest BCUT2D eigenvalue weighted by molar-refractivity contribution is 0.295. The molecule has 4 heteroatoms. The second kappa shape index (κ2) is 5.70. The van der Waals surface area contributed by atoms with Gasteiger partial charge in [0, 0.05) is 19.0 Å². The Morgan fingerprint density at radius 1 is 1.20 bits per heavy atom. The van der Waals surface area contributed by atoms with Gasteiger partial charge in [-0.05, 0) is 26.9 Å². The molecule has 0 aliphatic rings. The molecule has 0 fully saturated rings. The fourth-order valence-corrected chi connectivity index (χ4v) is 2.68. The number of aliphatic hydroxyl groups excluding tert-OH is 1. The van der Waals surface area contributed by atoms with Crippen LogP contribution in [0.3, 0.4) is 0 Å². The minimum absolute atomic E-state index is 0.111. The van der Waals surface area contributed by atoms with Gasteiger partial charge in [0.15, 0.2) is 0 Å². The largest absolute Gasteiger partial charge is 0.396 e. The van der Waals surface area contributed by atoms with Gasteiger partial charge >= 0.3 is 0 Å². The van der Waals surface area contributed by atoms with Crippen molar-refractivity contribution in [3.63, 3.8) is 0 Å². The second-order valence-corrected chi connectivity index (χ2v) is 6.78. The third kappa shape index (κ3) is 2.96. The summed E-state index contributed by atoms with van der Waals surface area (Å²) in [6.07, 6.45) is 0.565. The number of nitrogens with zero attached hydrogens (tertiary/aromatic N) is 2. The van der Waals surface area contributed by atoms with Crippen molar-refractivity contribution in [1.82, 2.24) is 9.55 Å². The zero-order valence-corrected chi connectivity index (χ0v) is 14.0. The molecule has 0 unspecified atom stereocenters. The van der Waals surface area contributed by atoms with E-state index >= 15 is 0 Å². The molecule has 20 heavy (non-hydrogen) atoms. The van der Waals surface area contributed by atoms with Crippen molar-refractivity contribution in [2.75, 3.05) is 6.61 Å². The smallest absolute Gasteiger partial charge is 0.112 e. The molecule has 3 nitrogen and oxygen atoms in total. The molecule has 2 rings (SSSR count). The molecule has 0 spiro atoms. The van der Waals surface area contributed by atoms with Crippen molar-refractivity contribution >= 4 is 15.9 Å². The van der Waals surface area contributed by atoms with E-state index in [4.69, 9.17) is 5.11 Å². The molecule has 2 aromatic rings. The van der Waals surface area contributed by atoms with Gasteiger partial charge in [-0.1, -0.05) is 45.0 Å². The van der Waals surface area contributed by atoms with Crippen LogP contribution in [0.25, 0.3) is 11.3 Å². The summed E-state index contributed by atoms with van der Waals surface area (Å²) in [6.45, 7) is 6.73. The summed E-state index contributed by atoms with van der Waals surface area (Å²) in [5, 5.41) is 9.07. The molecule has 0 atom stereocenters. The van der Waals surface area contributed by atoms with Crippen molar-refractivity contribution in [2.24, 2.45) is 7.05 Å². The van der Waals surface area contributed by atoms with Crippen molar-refractivity contribution in [3.8, 4) is 11.3 Å². The highest BCUT2D eigenvalue weighted by Gasteiger charge is 2.16. The van der Waals surface area contributed by atoms with E-state index in [1.165, 1.54) is 5.56 Å². The number of imidazole rings is 1.